The first kappa shape index (κ1) is 35.2. The zero-order valence-electron chi connectivity index (χ0n) is 26.1. The Kier molecular flexibility index (Phi) is 16.0. The van der Waals surface area contributed by atoms with Gasteiger partial charge in [-0.05, 0) is 61.8 Å². The molecule has 0 saturated heterocycles. The molecule has 4 atom stereocenters. The van der Waals surface area contributed by atoms with Gasteiger partial charge in [0.15, 0.2) is 0 Å². The van der Waals surface area contributed by atoms with E-state index in [1.54, 1.807) is 0 Å². The lowest BCUT2D eigenvalue weighted by Crippen LogP contribution is -2.37. The normalized spacial score (nSPS) is 16.3. The topological polar surface area (TPSA) is 52.6 Å². The molecule has 4 nitrogen and oxygen atoms in total. The molecule has 0 saturated carbocycles. The third kappa shape index (κ3) is 12.0. The summed E-state index contributed by atoms with van der Waals surface area (Å²) in [6.07, 6.45) is 4.00. The van der Waals surface area contributed by atoms with Gasteiger partial charge in [0, 0.05) is 0 Å². The summed E-state index contributed by atoms with van der Waals surface area (Å²) in [6.45, 7) is 26.3. The summed E-state index contributed by atoms with van der Waals surface area (Å²) in [7, 11) is 0. The summed E-state index contributed by atoms with van der Waals surface area (Å²) in [4.78, 5) is 24.7. The molecular weight excluding hydrogens is 460 g/mol. The number of ether oxygens (including phenoxy) is 2. The number of hydrogen-bond donors (Lipinski definition) is 0. The molecule has 0 aliphatic carbocycles. The SMILES string of the molecule is CCC(C)CC(C)(C(=O)OCC(C)C)C(C)C.CCC(C)CC(C)(C(=O)OCc1ccccc1)C(C)C. The lowest BCUT2D eigenvalue weighted by atomic mass is 9.72. The fraction of sp³-hybridized carbons (Fsp3) is 0.758. The van der Waals surface area contributed by atoms with Gasteiger partial charge in [-0.15, -0.1) is 0 Å². The Labute approximate surface area is 229 Å². The molecule has 0 radical (unpaired) electrons. The Hall–Kier alpha value is -1.84. The van der Waals surface area contributed by atoms with Crippen molar-refractivity contribution in [1.82, 2.24) is 0 Å². The van der Waals surface area contributed by atoms with E-state index in [9.17, 15) is 9.59 Å². The highest BCUT2D eigenvalue weighted by Gasteiger charge is 2.40. The van der Waals surface area contributed by atoms with Gasteiger partial charge in [0.25, 0.3) is 0 Å². The molecule has 37 heavy (non-hydrogen) atoms. The van der Waals surface area contributed by atoms with E-state index in [0.29, 0.717) is 36.9 Å². The van der Waals surface area contributed by atoms with E-state index in [0.717, 1.165) is 31.2 Å². The zero-order chi connectivity index (χ0) is 28.8. The molecule has 0 fully saturated rings. The second-order valence-electron chi connectivity index (χ2n) is 12.6. The van der Waals surface area contributed by atoms with E-state index >= 15 is 0 Å². The van der Waals surface area contributed by atoms with Gasteiger partial charge >= 0.3 is 11.9 Å². The maximum atomic E-state index is 12.5. The van der Waals surface area contributed by atoms with Crippen LogP contribution in [0.3, 0.4) is 0 Å². The second kappa shape index (κ2) is 16.9. The predicted octanol–water partition coefficient (Wildman–Crippen LogP) is 9.11. The quantitative estimate of drug-likeness (QED) is 0.230. The smallest absolute Gasteiger partial charge is 0.312 e. The van der Waals surface area contributed by atoms with Crippen molar-refractivity contribution in [2.45, 2.75) is 115 Å². The highest BCUT2D eigenvalue weighted by molar-refractivity contribution is 5.77. The Morgan fingerprint density at radius 2 is 1.11 bits per heavy atom. The van der Waals surface area contributed by atoms with Crippen LogP contribution in [-0.2, 0) is 25.7 Å². The summed E-state index contributed by atoms with van der Waals surface area (Å²) < 4.78 is 11.0. The Bertz CT molecular complexity index is 770. The lowest BCUT2D eigenvalue weighted by Gasteiger charge is -2.33. The van der Waals surface area contributed by atoms with Crippen LogP contribution in [-0.4, -0.2) is 18.5 Å². The molecule has 4 unspecified atom stereocenters. The maximum absolute atomic E-state index is 12.5. The van der Waals surface area contributed by atoms with Gasteiger partial charge in [0.1, 0.15) is 6.61 Å². The van der Waals surface area contributed by atoms with Crippen molar-refractivity contribution >= 4 is 11.9 Å². The molecule has 0 N–H and O–H groups in total. The summed E-state index contributed by atoms with van der Waals surface area (Å²) >= 11 is 0. The summed E-state index contributed by atoms with van der Waals surface area (Å²) in [5.74, 6) is 1.99. The minimum absolute atomic E-state index is 0.0264. The third-order valence-corrected chi connectivity index (χ3v) is 8.18. The molecule has 1 rings (SSSR count). The first-order valence-electron chi connectivity index (χ1n) is 14.5. The van der Waals surface area contributed by atoms with Crippen LogP contribution in [0.1, 0.15) is 114 Å². The zero-order valence-corrected chi connectivity index (χ0v) is 26.1. The van der Waals surface area contributed by atoms with E-state index in [-0.39, 0.29) is 23.3 Å². The standard InChI is InChI=1S/C18H28O2.C15H30O2/c1-6-15(4)12-18(5,14(2)3)17(19)20-13-16-10-8-7-9-11-16;1-8-13(6)9-15(7,12(4)5)14(16)17-10-11(2)3/h7-11,14-15H,6,12-13H2,1-5H3;11-13H,8-10H2,1-7H3. The van der Waals surface area contributed by atoms with Crippen molar-refractivity contribution in [2.75, 3.05) is 6.61 Å². The van der Waals surface area contributed by atoms with Crippen LogP contribution in [0.5, 0.6) is 0 Å². The number of hydrogen-bond acceptors (Lipinski definition) is 4. The van der Waals surface area contributed by atoms with Gasteiger partial charge in [0.2, 0.25) is 0 Å². The summed E-state index contributed by atoms with van der Waals surface area (Å²) in [6, 6.07) is 9.85. The van der Waals surface area contributed by atoms with Gasteiger partial charge in [-0.3, -0.25) is 9.59 Å². The van der Waals surface area contributed by atoms with Crippen molar-refractivity contribution in [3.63, 3.8) is 0 Å². The molecule has 0 heterocycles. The molecular formula is C33H58O4. The van der Waals surface area contributed by atoms with Crippen molar-refractivity contribution < 1.29 is 19.1 Å². The molecule has 214 valence electrons. The van der Waals surface area contributed by atoms with Crippen molar-refractivity contribution in [3.05, 3.63) is 35.9 Å². The van der Waals surface area contributed by atoms with Gasteiger partial charge in [-0.1, -0.05) is 112 Å². The summed E-state index contributed by atoms with van der Waals surface area (Å²) in [5.41, 5.74) is 0.296. The van der Waals surface area contributed by atoms with Crippen LogP contribution in [0.2, 0.25) is 0 Å². The Morgan fingerprint density at radius 3 is 1.46 bits per heavy atom. The van der Waals surface area contributed by atoms with Crippen LogP contribution >= 0.6 is 0 Å². The second-order valence-corrected chi connectivity index (χ2v) is 12.6. The van der Waals surface area contributed by atoms with Crippen molar-refractivity contribution in [3.8, 4) is 0 Å². The minimum atomic E-state index is -0.399. The van der Waals surface area contributed by atoms with Crippen LogP contribution in [0.25, 0.3) is 0 Å². The fourth-order valence-electron chi connectivity index (χ4n) is 4.14. The first-order chi connectivity index (χ1) is 17.1. The monoisotopic (exact) mass is 518 g/mol. The number of benzene rings is 1. The van der Waals surface area contributed by atoms with Gasteiger partial charge in [-0.25, -0.2) is 0 Å². The maximum Gasteiger partial charge on any atom is 0.312 e. The Morgan fingerprint density at radius 1 is 0.703 bits per heavy atom. The molecule has 0 bridgehead atoms. The van der Waals surface area contributed by atoms with E-state index < -0.39 is 5.41 Å². The van der Waals surface area contributed by atoms with Gasteiger partial charge < -0.3 is 9.47 Å². The van der Waals surface area contributed by atoms with Gasteiger partial charge in [-0.2, -0.15) is 0 Å². The van der Waals surface area contributed by atoms with E-state index in [4.69, 9.17) is 9.47 Å². The molecule has 0 amide bonds. The van der Waals surface area contributed by atoms with Crippen LogP contribution in [0.4, 0.5) is 0 Å². The number of carbonyl (C=O) groups excluding carboxylic acids is 2. The van der Waals surface area contributed by atoms with Gasteiger partial charge in [0.05, 0.1) is 17.4 Å². The van der Waals surface area contributed by atoms with Crippen LogP contribution in [0.15, 0.2) is 30.3 Å². The number of rotatable bonds is 14. The minimum Gasteiger partial charge on any atom is -0.465 e. The Balaban J connectivity index is 0.000000712. The molecule has 1 aromatic carbocycles. The molecule has 0 spiro atoms. The third-order valence-electron chi connectivity index (χ3n) is 8.18. The first-order valence-corrected chi connectivity index (χ1v) is 14.5. The molecule has 0 aliphatic rings. The fourth-order valence-corrected chi connectivity index (χ4v) is 4.14. The number of esters is 2. The number of carbonyl (C=O) groups is 2. The molecule has 4 heteroatoms. The average Bonchev–Trinajstić information content (AvgIpc) is 2.85. The highest BCUT2D eigenvalue weighted by Crippen LogP contribution is 2.37. The van der Waals surface area contributed by atoms with Crippen LogP contribution < -0.4 is 0 Å². The summed E-state index contributed by atoms with van der Waals surface area (Å²) in [5, 5.41) is 0. The molecule has 1 aromatic rings. The lowest BCUT2D eigenvalue weighted by molar-refractivity contribution is -0.161. The van der Waals surface area contributed by atoms with Crippen LogP contribution in [0, 0.1) is 40.4 Å². The average molecular weight is 519 g/mol. The van der Waals surface area contributed by atoms with E-state index in [1.807, 2.05) is 44.2 Å². The van der Waals surface area contributed by atoms with Crippen molar-refractivity contribution in [1.29, 1.82) is 0 Å². The van der Waals surface area contributed by atoms with E-state index in [1.165, 1.54) is 0 Å². The predicted molar refractivity (Wildman–Crippen MR) is 156 cm³/mol. The molecule has 0 aromatic heterocycles. The largest absolute Gasteiger partial charge is 0.465 e. The highest BCUT2D eigenvalue weighted by atomic mass is 16.5. The van der Waals surface area contributed by atoms with E-state index in [2.05, 4.69) is 69.2 Å². The molecule has 0 aliphatic heterocycles. The van der Waals surface area contributed by atoms with Crippen molar-refractivity contribution in [2.24, 2.45) is 40.4 Å².